The summed E-state index contributed by atoms with van der Waals surface area (Å²) >= 11 is 3.36. The number of benzene rings is 2. The van der Waals surface area contributed by atoms with Crippen LogP contribution in [0.2, 0.25) is 0 Å². The lowest BCUT2D eigenvalue weighted by atomic mass is 10.0. The minimum Gasteiger partial charge on any atom is -0.399 e. The lowest BCUT2D eigenvalue weighted by Crippen LogP contribution is -2.13. The fourth-order valence-electron chi connectivity index (χ4n) is 1.87. The van der Waals surface area contributed by atoms with E-state index in [2.05, 4.69) is 35.1 Å². The van der Waals surface area contributed by atoms with Gasteiger partial charge in [0.1, 0.15) is 0 Å². The van der Waals surface area contributed by atoms with Gasteiger partial charge in [0, 0.05) is 15.8 Å². The molecule has 0 unspecified atom stereocenters. The Hall–Kier alpha value is -1.81. The maximum absolute atomic E-state index is 12.2. The molecule has 4 heteroatoms. The Morgan fingerprint density at radius 1 is 1.15 bits per heavy atom. The second kappa shape index (κ2) is 6.09. The molecule has 2 aromatic rings. The van der Waals surface area contributed by atoms with Crippen molar-refractivity contribution in [2.45, 2.75) is 19.8 Å². The van der Waals surface area contributed by atoms with E-state index in [1.165, 1.54) is 5.56 Å². The SMILES string of the molecule is CC(C)c1ccc(NC(=O)c2cc(N)ccc2Br)cc1. The summed E-state index contributed by atoms with van der Waals surface area (Å²) in [5.41, 5.74) is 8.82. The molecule has 3 N–H and O–H groups in total. The summed E-state index contributed by atoms with van der Waals surface area (Å²) in [6.07, 6.45) is 0. The standard InChI is InChI=1S/C16H17BrN2O/c1-10(2)11-3-6-13(7-4-11)19-16(20)14-9-12(18)5-8-15(14)17/h3-10H,18H2,1-2H3,(H,19,20). The normalized spacial score (nSPS) is 10.6. The average Bonchev–Trinajstić information content (AvgIpc) is 2.42. The van der Waals surface area contributed by atoms with Gasteiger partial charge in [0.05, 0.1) is 5.56 Å². The van der Waals surface area contributed by atoms with E-state index in [-0.39, 0.29) is 5.91 Å². The third kappa shape index (κ3) is 3.39. The smallest absolute Gasteiger partial charge is 0.256 e. The van der Waals surface area contributed by atoms with Gasteiger partial charge in [0.25, 0.3) is 5.91 Å². The van der Waals surface area contributed by atoms with E-state index in [0.717, 1.165) is 10.2 Å². The minimum absolute atomic E-state index is 0.179. The highest BCUT2D eigenvalue weighted by atomic mass is 79.9. The van der Waals surface area contributed by atoms with Crippen molar-refractivity contribution in [3.05, 3.63) is 58.1 Å². The zero-order valence-corrected chi connectivity index (χ0v) is 13.1. The predicted octanol–water partition coefficient (Wildman–Crippen LogP) is 4.41. The molecule has 0 aliphatic rings. The molecule has 20 heavy (non-hydrogen) atoms. The van der Waals surface area contributed by atoms with Gasteiger partial charge in [-0.15, -0.1) is 0 Å². The molecule has 0 saturated heterocycles. The van der Waals surface area contributed by atoms with Crippen LogP contribution in [0.5, 0.6) is 0 Å². The highest BCUT2D eigenvalue weighted by molar-refractivity contribution is 9.10. The Morgan fingerprint density at radius 2 is 1.80 bits per heavy atom. The highest BCUT2D eigenvalue weighted by Crippen LogP contribution is 2.22. The van der Waals surface area contributed by atoms with Gasteiger partial charge in [-0.25, -0.2) is 0 Å². The summed E-state index contributed by atoms with van der Waals surface area (Å²) in [5, 5.41) is 2.87. The Morgan fingerprint density at radius 3 is 2.40 bits per heavy atom. The van der Waals surface area contributed by atoms with Gasteiger partial charge >= 0.3 is 0 Å². The van der Waals surface area contributed by atoms with Gasteiger partial charge < -0.3 is 11.1 Å². The molecule has 2 aromatic carbocycles. The topological polar surface area (TPSA) is 55.1 Å². The predicted molar refractivity (Wildman–Crippen MR) is 87.0 cm³/mol. The molecule has 0 fully saturated rings. The quantitative estimate of drug-likeness (QED) is 0.818. The number of carbonyl (C=O) groups is 1. The summed E-state index contributed by atoms with van der Waals surface area (Å²) in [4.78, 5) is 12.2. The Labute approximate surface area is 127 Å². The summed E-state index contributed by atoms with van der Waals surface area (Å²) in [6, 6.07) is 13.0. The number of amides is 1. The maximum Gasteiger partial charge on any atom is 0.256 e. The van der Waals surface area contributed by atoms with Crippen LogP contribution in [0, 0.1) is 0 Å². The number of nitrogens with two attached hydrogens (primary N) is 1. The van der Waals surface area contributed by atoms with E-state index in [9.17, 15) is 4.79 Å². The average molecular weight is 333 g/mol. The first-order chi connectivity index (χ1) is 9.47. The number of anilines is 2. The number of nitrogen functional groups attached to an aromatic ring is 1. The van der Waals surface area contributed by atoms with Gasteiger partial charge in [0.2, 0.25) is 0 Å². The number of nitrogens with one attached hydrogen (secondary N) is 1. The van der Waals surface area contributed by atoms with E-state index >= 15 is 0 Å². The Balaban J connectivity index is 2.17. The zero-order valence-electron chi connectivity index (χ0n) is 11.5. The summed E-state index contributed by atoms with van der Waals surface area (Å²) in [5.74, 6) is 0.296. The van der Waals surface area contributed by atoms with Crippen molar-refractivity contribution in [1.82, 2.24) is 0 Å². The van der Waals surface area contributed by atoms with Crippen molar-refractivity contribution < 1.29 is 4.79 Å². The summed E-state index contributed by atoms with van der Waals surface area (Å²) < 4.78 is 0.725. The lowest BCUT2D eigenvalue weighted by molar-refractivity contribution is 0.102. The molecule has 0 aliphatic carbocycles. The van der Waals surface area contributed by atoms with E-state index in [1.807, 2.05) is 24.3 Å². The van der Waals surface area contributed by atoms with Crippen LogP contribution < -0.4 is 11.1 Å². The summed E-state index contributed by atoms with van der Waals surface area (Å²) in [7, 11) is 0. The second-order valence-corrected chi connectivity index (χ2v) is 5.82. The zero-order chi connectivity index (χ0) is 14.7. The van der Waals surface area contributed by atoms with Gasteiger partial charge in [-0.05, 0) is 57.7 Å². The first-order valence-electron chi connectivity index (χ1n) is 6.43. The van der Waals surface area contributed by atoms with Crippen LogP contribution in [-0.4, -0.2) is 5.91 Å². The van der Waals surface area contributed by atoms with Crippen LogP contribution in [0.3, 0.4) is 0 Å². The molecular weight excluding hydrogens is 316 g/mol. The lowest BCUT2D eigenvalue weighted by Gasteiger charge is -2.10. The van der Waals surface area contributed by atoms with Crippen LogP contribution in [0.1, 0.15) is 35.7 Å². The van der Waals surface area contributed by atoms with Gasteiger partial charge in [-0.2, -0.15) is 0 Å². The molecule has 1 amide bonds. The van der Waals surface area contributed by atoms with E-state index in [4.69, 9.17) is 5.73 Å². The number of rotatable bonds is 3. The molecule has 104 valence electrons. The van der Waals surface area contributed by atoms with Crippen molar-refractivity contribution in [3.63, 3.8) is 0 Å². The molecule has 0 radical (unpaired) electrons. The molecule has 0 bridgehead atoms. The van der Waals surface area contributed by atoms with Crippen molar-refractivity contribution >= 4 is 33.2 Å². The van der Waals surface area contributed by atoms with Crippen LogP contribution in [0.4, 0.5) is 11.4 Å². The molecular formula is C16H17BrN2O. The van der Waals surface area contributed by atoms with Crippen LogP contribution >= 0.6 is 15.9 Å². The van der Waals surface area contributed by atoms with Crippen LogP contribution in [-0.2, 0) is 0 Å². The van der Waals surface area contributed by atoms with Crippen LogP contribution in [0.15, 0.2) is 46.9 Å². The molecule has 0 aromatic heterocycles. The molecule has 0 saturated carbocycles. The van der Waals surface area contributed by atoms with Crippen molar-refractivity contribution in [2.75, 3.05) is 11.1 Å². The number of hydrogen-bond donors (Lipinski definition) is 2. The Kier molecular flexibility index (Phi) is 4.45. The Bertz CT molecular complexity index is 621. The van der Waals surface area contributed by atoms with E-state index in [0.29, 0.717) is 17.2 Å². The van der Waals surface area contributed by atoms with E-state index in [1.54, 1.807) is 18.2 Å². The monoisotopic (exact) mass is 332 g/mol. The number of halogens is 1. The highest BCUT2D eigenvalue weighted by Gasteiger charge is 2.11. The second-order valence-electron chi connectivity index (χ2n) is 4.97. The van der Waals surface area contributed by atoms with Gasteiger partial charge in [-0.1, -0.05) is 26.0 Å². The molecule has 2 rings (SSSR count). The summed E-state index contributed by atoms with van der Waals surface area (Å²) in [6.45, 7) is 4.27. The van der Waals surface area contributed by atoms with Crippen LogP contribution in [0.25, 0.3) is 0 Å². The van der Waals surface area contributed by atoms with Crippen molar-refractivity contribution in [2.24, 2.45) is 0 Å². The minimum atomic E-state index is -0.179. The fraction of sp³-hybridized carbons (Fsp3) is 0.188. The van der Waals surface area contributed by atoms with Crippen molar-refractivity contribution in [3.8, 4) is 0 Å². The third-order valence-electron chi connectivity index (χ3n) is 3.07. The number of hydrogen-bond acceptors (Lipinski definition) is 2. The van der Waals surface area contributed by atoms with E-state index < -0.39 is 0 Å². The molecule has 0 spiro atoms. The first-order valence-corrected chi connectivity index (χ1v) is 7.23. The maximum atomic E-state index is 12.2. The third-order valence-corrected chi connectivity index (χ3v) is 3.76. The molecule has 0 heterocycles. The van der Waals surface area contributed by atoms with Gasteiger partial charge in [0.15, 0.2) is 0 Å². The largest absolute Gasteiger partial charge is 0.399 e. The van der Waals surface area contributed by atoms with Gasteiger partial charge in [-0.3, -0.25) is 4.79 Å². The fourth-order valence-corrected chi connectivity index (χ4v) is 2.29. The molecule has 0 aliphatic heterocycles. The molecule has 3 nitrogen and oxygen atoms in total. The van der Waals surface area contributed by atoms with Crippen molar-refractivity contribution in [1.29, 1.82) is 0 Å². The number of carbonyl (C=O) groups excluding carboxylic acids is 1. The first kappa shape index (κ1) is 14.6. The molecule has 0 atom stereocenters.